The molecule has 0 bridgehead atoms. The summed E-state index contributed by atoms with van der Waals surface area (Å²) >= 11 is 6.30. The molecular weight excluding hydrogens is 254 g/mol. The van der Waals surface area contributed by atoms with E-state index >= 15 is 0 Å². The lowest BCUT2D eigenvalue weighted by molar-refractivity contribution is 0.677. The highest BCUT2D eigenvalue weighted by molar-refractivity contribution is 6.33. The number of nitrogens with one attached hydrogen (secondary N) is 1. The van der Waals surface area contributed by atoms with Crippen molar-refractivity contribution in [1.29, 1.82) is 0 Å². The number of aryl methyl sites for hydroxylation is 1. The largest absolute Gasteiger partial charge is 0.377 e. The van der Waals surface area contributed by atoms with Crippen LogP contribution in [0.15, 0.2) is 48.5 Å². The Kier molecular flexibility index (Phi) is 4.86. The van der Waals surface area contributed by atoms with E-state index in [0.29, 0.717) is 6.04 Å². The number of anilines is 1. The average molecular weight is 274 g/mol. The van der Waals surface area contributed by atoms with Gasteiger partial charge in [0, 0.05) is 0 Å². The summed E-state index contributed by atoms with van der Waals surface area (Å²) < 4.78 is 0. The maximum Gasteiger partial charge on any atom is 0.0640 e. The number of halogens is 1. The molecule has 0 radical (unpaired) electrons. The zero-order valence-electron chi connectivity index (χ0n) is 11.5. The molecule has 0 aliphatic rings. The van der Waals surface area contributed by atoms with E-state index in [1.54, 1.807) is 0 Å². The number of hydrogen-bond acceptors (Lipinski definition) is 1. The predicted molar refractivity (Wildman–Crippen MR) is 83.9 cm³/mol. The molecule has 1 unspecified atom stereocenters. The maximum atomic E-state index is 6.30. The van der Waals surface area contributed by atoms with Gasteiger partial charge in [-0.1, -0.05) is 67.4 Å². The van der Waals surface area contributed by atoms with Crippen molar-refractivity contribution in [3.63, 3.8) is 0 Å². The molecule has 0 saturated carbocycles. The van der Waals surface area contributed by atoms with Crippen molar-refractivity contribution in [3.05, 3.63) is 64.7 Å². The molecule has 0 spiro atoms. The molecule has 0 aliphatic carbocycles. The summed E-state index contributed by atoms with van der Waals surface area (Å²) in [6.07, 6.45) is 2.23. The molecule has 1 N–H and O–H groups in total. The van der Waals surface area contributed by atoms with Crippen molar-refractivity contribution in [2.24, 2.45) is 0 Å². The summed E-state index contributed by atoms with van der Waals surface area (Å²) in [7, 11) is 0. The van der Waals surface area contributed by atoms with Crippen molar-refractivity contribution in [2.45, 2.75) is 32.7 Å². The molecule has 0 fully saturated rings. The van der Waals surface area contributed by atoms with Crippen LogP contribution in [0.1, 0.15) is 36.9 Å². The Morgan fingerprint density at radius 3 is 2.42 bits per heavy atom. The fraction of sp³-hybridized carbons (Fsp3) is 0.294. The topological polar surface area (TPSA) is 12.0 Å². The van der Waals surface area contributed by atoms with Crippen LogP contribution in [0.3, 0.4) is 0 Å². The highest BCUT2D eigenvalue weighted by atomic mass is 35.5. The summed E-state index contributed by atoms with van der Waals surface area (Å²) in [5, 5.41) is 4.39. The van der Waals surface area contributed by atoms with Crippen LogP contribution < -0.4 is 5.32 Å². The first-order valence-electron chi connectivity index (χ1n) is 6.79. The van der Waals surface area contributed by atoms with Crippen LogP contribution in [0.5, 0.6) is 0 Å². The Morgan fingerprint density at radius 2 is 1.79 bits per heavy atom. The zero-order valence-corrected chi connectivity index (χ0v) is 12.2. The molecule has 2 aromatic rings. The predicted octanol–water partition coefficient (Wildman–Crippen LogP) is 5.60. The second-order valence-corrected chi connectivity index (χ2v) is 5.24. The third kappa shape index (κ3) is 3.51. The lowest BCUT2D eigenvalue weighted by Gasteiger charge is -2.22. The summed E-state index contributed by atoms with van der Waals surface area (Å²) in [4.78, 5) is 0. The molecule has 2 rings (SSSR count). The average Bonchev–Trinajstić information content (AvgIpc) is 2.43. The molecule has 19 heavy (non-hydrogen) atoms. The third-order valence-electron chi connectivity index (χ3n) is 3.32. The minimum absolute atomic E-state index is 0.310. The van der Waals surface area contributed by atoms with E-state index in [2.05, 4.69) is 49.5 Å². The number of benzene rings is 2. The SMILES string of the molecule is CCCC(Nc1c(C)cccc1Cl)c1ccccc1. The van der Waals surface area contributed by atoms with Gasteiger partial charge in [-0.3, -0.25) is 0 Å². The molecule has 0 saturated heterocycles. The Morgan fingerprint density at radius 1 is 1.05 bits per heavy atom. The molecule has 0 aromatic heterocycles. The molecule has 2 heteroatoms. The van der Waals surface area contributed by atoms with Gasteiger partial charge in [-0.2, -0.15) is 0 Å². The number of hydrogen-bond donors (Lipinski definition) is 1. The summed E-state index contributed by atoms with van der Waals surface area (Å²) in [6.45, 7) is 4.29. The van der Waals surface area contributed by atoms with Crippen molar-refractivity contribution in [2.75, 3.05) is 5.32 Å². The van der Waals surface area contributed by atoms with Gasteiger partial charge < -0.3 is 5.32 Å². The monoisotopic (exact) mass is 273 g/mol. The highest BCUT2D eigenvalue weighted by Gasteiger charge is 2.13. The van der Waals surface area contributed by atoms with Crippen LogP contribution >= 0.6 is 11.6 Å². The van der Waals surface area contributed by atoms with Crippen LogP contribution in [0.4, 0.5) is 5.69 Å². The molecule has 1 atom stereocenters. The first kappa shape index (κ1) is 14.0. The molecular formula is C17H20ClN. The van der Waals surface area contributed by atoms with Gasteiger partial charge in [0.25, 0.3) is 0 Å². The molecule has 0 heterocycles. The first-order chi connectivity index (χ1) is 9.22. The normalized spacial score (nSPS) is 12.2. The second-order valence-electron chi connectivity index (χ2n) is 4.83. The molecule has 100 valence electrons. The van der Waals surface area contributed by atoms with Gasteiger partial charge in [0.1, 0.15) is 0 Å². The highest BCUT2D eigenvalue weighted by Crippen LogP contribution is 2.31. The van der Waals surface area contributed by atoms with E-state index in [0.717, 1.165) is 23.6 Å². The van der Waals surface area contributed by atoms with E-state index in [1.165, 1.54) is 11.1 Å². The Bertz CT molecular complexity index is 502. The minimum atomic E-state index is 0.310. The van der Waals surface area contributed by atoms with Crippen molar-refractivity contribution in [1.82, 2.24) is 0 Å². The fourth-order valence-corrected chi connectivity index (χ4v) is 2.56. The van der Waals surface area contributed by atoms with Crippen LogP contribution in [-0.2, 0) is 0 Å². The smallest absolute Gasteiger partial charge is 0.0640 e. The summed E-state index contributed by atoms with van der Waals surface area (Å²) in [5.74, 6) is 0. The summed E-state index contributed by atoms with van der Waals surface area (Å²) in [5.41, 5.74) is 3.54. The van der Waals surface area contributed by atoms with E-state index in [4.69, 9.17) is 11.6 Å². The Labute approximate surface area is 120 Å². The number of rotatable bonds is 5. The molecule has 0 aliphatic heterocycles. The quantitative estimate of drug-likeness (QED) is 0.747. The van der Waals surface area contributed by atoms with Gasteiger partial charge in [-0.05, 0) is 30.5 Å². The van der Waals surface area contributed by atoms with Gasteiger partial charge in [0.2, 0.25) is 0 Å². The van der Waals surface area contributed by atoms with Crippen LogP contribution in [0.2, 0.25) is 5.02 Å². The van der Waals surface area contributed by atoms with Crippen molar-refractivity contribution < 1.29 is 0 Å². The number of para-hydroxylation sites is 1. The van der Waals surface area contributed by atoms with Gasteiger partial charge >= 0.3 is 0 Å². The van der Waals surface area contributed by atoms with Gasteiger partial charge in [-0.15, -0.1) is 0 Å². The van der Waals surface area contributed by atoms with Crippen LogP contribution in [-0.4, -0.2) is 0 Å². The van der Waals surface area contributed by atoms with Gasteiger partial charge in [-0.25, -0.2) is 0 Å². The van der Waals surface area contributed by atoms with Gasteiger partial charge in [0.05, 0.1) is 16.8 Å². The minimum Gasteiger partial charge on any atom is -0.377 e. The van der Waals surface area contributed by atoms with E-state index in [9.17, 15) is 0 Å². The first-order valence-corrected chi connectivity index (χ1v) is 7.16. The third-order valence-corrected chi connectivity index (χ3v) is 3.63. The lowest BCUT2D eigenvalue weighted by Crippen LogP contribution is -2.11. The molecule has 0 amide bonds. The fourth-order valence-electron chi connectivity index (χ4n) is 2.29. The Balaban J connectivity index is 2.27. The van der Waals surface area contributed by atoms with Crippen molar-refractivity contribution in [3.8, 4) is 0 Å². The van der Waals surface area contributed by atoms with Gasteiger partial charge in [0.15, 0.2) is 0 Å². The molecule has 1 nitrogen and oxygen atoms in total. The van der Waals surface area contributed by atoms with E-state index < -0.39 is 0 Å². The van der Waals surface area contributed by atoms with E-state index in [-0.39, 0.29) is 0 Å². The second kappa shape index (κ2) is 6.63. The van der Waals surface area contributed by atoms with Crippen molar-refractivity contribution >= 4 is 17.3 Å². The summed E-state index contributed by atoms with van der Waals surface area (Å²) in [6, 6.07) is 16.9. The van der Waals surface area contributed by atoms with Crippen LogP contribution in [0.25, 0.3) is 0 Å². The maximum absolute atomic E-state index is 6.30. The molecule has 2 aromatic carbocycles. The van der Waals surface area contributed by atoms with Crippen LogP contribution in [0, 0.1) is 6.92 Å². The standard InChI is InChI=1S/C17H20ClN/c1-3-8-16(14-10-5-4-6-11-14)19-17-13(2)9-7-12-15(17)18/h4-7,9-12,16,19H,3,8H2,1-2H3. The Hall–Kier alpha value is -1.47. The zero-order chi connectivity index (χ0) is 13.7. The lowest BCUT2D eigenvalue weighted by atomic mass is 10.0. The van der Waals surface area contributed by atoms with E-state index in [1.807, 2.05) is 18.2 Å².